The molecule has 1 fully saturated rings. The number of likely N-dealkylation sites (tertiary alicyclic amines) is 1. The average molecular weight is 495 g/mol. The van der Waals surface area contributed by atoms with E-state index >= 15 is 0 Å². The summed E-state index contributed by atoms with van der Waals surface area (Å²) in [5.74, 6) is 2.20. The number of halogens is 1. The van der Waals surface area contributed by atoms with Gasteiger partial charge in [-0.05, 0) is 37.1 Å². The van der Waals surface area contributed by atoms with Crippen molar-refractivity contribution in [1.29, 1.82) is 0 Å². The molecule has 1 aliphatic rings. The van der Waals surface area contributed by atoms with Crippen molar-refractivity contribution in [3.05, 3.63) is 22.4 Å². The normalized spacial score (nSPS) is 18.7. The number of thiophene rings is 1. The van der Waals surface area contributed by atoms with Crippen molar-refractivity contribution in [3.63, 3.8) is 0 Å². The number of nitrogens with one attached hydrogen (secondary N) is 1. The van der Waals surface area contributed by atoms with E-state index in [0.717, 1.165) is 45.2 Å². The van der Waals surface area contributed by atoms with Gasteiger partial charge in [-0.2, -0.15) is 0 Å². The van der Waals surface area contributed by atoms with Gasteiger partial charge in [-0.15, -0.1) is 35.3 Å². The van der Waals surface area contributed by atoms with E-state index in [1.54, 1.807) is 7.11 Å². The monoisotopic (exact) mass is 495 g/mol. The lowest BCUT2D eigenvalue weighted by Crippen LogP contribution is -2.40. The van der Waals surface area contributed by atoms with Crippen molar-refractivity contribution >= 4 is 41.3 Å². The van der Waals surface area contributed by atoms with Gasteiger partial charge in [-0.3, -0.25) is 4.99 Å². The van der Waals surface area contributed by atoms with Crippen molar-refractivity contribution in [2.45, 2.75) is 26.7 Å². The number of aliphatic imine (C=N–C) groups is 1. The van der Waals surface area contributed by atoms with Crippen LogP contribution >= 0.6 is 35.3 Å². The zero-order valence-corrected chi connectivity index (χ0v) is 19.4. The smallest absolute Gasteiger partial charge is 0.193 e. The molecule has 5 nitrogen and oxygen atoms in total. The molecular formula is C19H34IN3O2S. The molecule has 0 bridgehead atoms. The second-order valence-corrected chi connectivity index (χ2v) is 7.78. The molecule has 1 aliphatic heterocycles. The summed E-state index contributed by atoms with van der Waals surface area (Å²) in [4.78, 5) is 8.72. The molecule has 0 amide bonds. The highest BCUT2D eigenvalue weighted by Gasteiger charge is 2.25. The molecule has 7 heteroatoms. The van der Waals surface area contributed by atoms with Gasteiger partial charge >= 0.3 is 0 Å². The molecular weight excluding hydrogens is 461 g/mol. The minimum absolute atomic E-state index is 0. The largest absolute Gasteiger partial charge is 0.382 e. The van der Waals surface area contributed by atoms with Crippen molar-refractivity contribution in [1.82, 2.24) is 10.2 Å². The molecule has 0 aromatic carbocycles. The number of guanidine groups is 1. The van der Waals surface area contributed by atoms with Crippen LogP contribution in [0.2, 0.25) is 0 Å². The summed E-state index contributed by atoms with van der Waals surface area (Å²) in [5.41, 5.74) is 0. The second kappa shape index (κ2) is 13.7. The maximum absolute atomic E-state index is 5.69. The molecule has 0 spiro atoms. The number of nitrogens with zero attached hydrogens (tertiary/aromatic N) is 2. The molecule has 26 heavy (non-hydrogen) atoms. The molecule has 1 N–H and O–H groups in total. The Kier molecular flexibility index (Phi) is 12.5. The van der Waals surface area contributed by atoms with E-state index in [2.05, 4.69) is 41.6 Å². The maximum Gasteiger partial charge on any atom is 0.193 e. The highest BCUT2D eigenvalue weighted by molar-refractivity contribution is 14.0. The SMILES string of the molecule is CCNC(=NCC(C)Cc1cccs1)N1CCC(COCCOC)C1.I. The maximum atomic E-state index is 5.69. The molecule has 2 unspecified atom stereocenters. The first-order valence-corrected chi connectivity index (χ1v) is 10.2. The minimum Gasteiger partial charge on any atom is -0.382 e. The topological polar surface area (TPSA) is 46.1 Å². The van der Waals surface area contributed by atoms with Crippen LogP contribution in [0.4, 0.5) is 0 Å². The summed E-state index contributed by atoms with van der Waals surface area (Å²) in [7, 11) is 1.71. The Morgan fingerprint density at radius 2 is 2.31 bits per heavy atom. The highest BCUT2D eigenvalue weighted by atomic mass is 127. The van der Waals surface area contributed by atoms with Crippen LogP contribution in [0.5, 0.6) is 0 Å². The summed E-state index contributed by atoms with van der Waals surface area (Å²) in [6, 6.07) is 4.34. The molecule has 1 aromatic rings. The van der Waals surface area contributed by atoms with Gasteiger partial charge in [0, 0.05) is 44.1 Å². The molecule has 2 heterocycles. The number of hydrogen-bond acceptors (Lipinski definition) is 4. The van der Waals surface area contributed by atoms with Crippen LogP contribution in [0.15, 0.2) is 22.5 Å². The van der Waals surface area contributed by atoms with E-state index in [1.165, 1.54) is 11.3 Å². The molecule has 0 aliphatic carbocycles. The van der Waals surface area contributed by atoms with Crippen LogP contribution in [0.25, 0.3) is 0 Å². The van der Waals surface area contributed by atoms with Crippen LogP contribution in [-0.4, -0.2) is 64.0 Å². The Morgan fingerprint density at radius 1 is 1.46 bits per heavy atom. The number of ether oxygens (including phenoxy) is 2. The zero-order valence-electron chi connectivity index (χ0n) is 16.3. The van der Waals surface area contributed by atoms with Gasteiger partial charge in [-0.25, -0.2) is 0 Å². The number of hydrogen-bond donors (Lipinski definition) is 1. The van der Waals surface area contributed by atoms with Gasteiger partial charge in [-0.1, -0.05) is 13.0 Å². The third-order valence-electron chi connectivity index (χ3n) is 4.39. The van der Waals surface area contributed by atoms with E-state index in [0.29, 0.717) is 25.0 Å². The molecule has 150 valence electrons. The lowest BCUT2D eigenvalue weighted by Gasteiger charge is -2.22. The van der Waals surface area contributed by atoms with Gasteiger partial charge in [0.2, 0.25) is 0 Å². The summed E-state index contributed by atoms with van der Waals surface area (Å²) in [5, 5.41) is 5.60. The summed E-state index contributed by atoms with van der Waals surface area (Å²) in [6.07, 6.45) is 2.28. The fourth-order valence-corrected chi connectivity index (χ4v) is 3.93. The predicted octanol–water partition coefficient (Wildman–Crippen LogP) is 3.50. The fraction of sp³-hybridized carbons (Fsp3) is 0.737. The minimum atomic E-state index is 0. The summed E-state index contributed by atoms with van der Waals surface area (Å²) < 4.78 is 10.7. The first-order valence-electron chi connectivity index (χ1n) is 9.35. The van der Waals surface area contributed by atoms with Crippen molar-refractivity contribution in [2.75, 3.05) is 53.1 Å². The Labute approximate surface area is 179 Å². The van der Waals surface area contributed by atoms with Crippen molar-refractivity contribution in [3.8, 4) is 0 Å². The van der Waals surface area contributed by atoms with Crippen LogP contribution in [0, 0.1) is 11.8 Å². The van der Waals surface area contributed by atoms with Gasteiger partial charge in [0.25, 0.3) is 0 Å². The zero-order chi connectivity index (χ0) is 17.9. The van der Waals surface area contributed by atoms with Gasteiger partial charge in [0.05, 0.1) is 19.8 Å². The van der Waals surface area contributed by atoms with E-state index in [9.17, 15) is 0 Å². The van der Waals surface area contributed by atoms with Crippen LogP contribution in [-0.2, 0) is 15.9 Å². The van der Waals surface area contributed by atoms with Crippen LogP contribution in [0.1, 0.15) is 25.1 Å². The van der Waals surface area contributed by atoms with Crippen molar-refractivity contribution in [2.24, 2.45) is 16.8 Å². The Bertz CT molecular complexity index is 499. The molecule has 0 saturated carbocycles. The lowest BCUT2D eigenvalue weighted by atomic mass is 10.1. The lowest BCUT2D eigenvalue weighted by molar-refractivity contribution is 0.0536. The summed E-state index contributed by atoms with van der Waals surface area (Å²) >= 11 is 1.84. The van der Waals surface area contributed by atoms with E-state index in [1.807, 2.05) is 11.3 Å². The van der Waals surface area contributed by atoms with Crippen LogP contribution in [0.3, 0.4) is 0 Å². The quantitative estimate of drug-likeness (QED) is 0.234. The van der Waals surface area contributed by atoms with Gasteiger partial charge in [0.15, 0.2) is 5.96 Å². The highest BCUT2D eigenvalue weighted by Crippen LogP contribution is 2.18. The van der Waals surface area contributed by atoms with E-state index in [4.69, 9.17) is 14.5 Å². The fourth-order valence-electron chi connectivity index (χ4n) is 3.06. The number of methoxy groups -OCH3 is 1. The third-order valence-corrected chi connectivity index (χ3v) is 5.29. The molecule has 1 saturated heterocycles. The van der Waals surface area contributed by atoms with E-state index < -0.39 is 0 Å². The summed E-state index contributed by atoms with van der Waals surface area (Å²) in [6.45, 7) is 10.4. The Hall–Kier alpha value is -0.380. The Morgan fingerprint density at radius 3 is 3.00 bits per heavy atom. The molecule has 1 aromatic heterocycles. The van der Waals surface area contributed by atoms with Crippen molar-refractivity contribution < 1.29 is 9.47 Å². The third kappa shape index (κ3) is 8.54. The first kappa shape index (κ1) is 23.7. The average Bonchev–Trinajstić information content (AvgIpc) is 3.27. The van der Waals surface area contributed by atoms with Gasteiger partial charge in [0.1, 0.15) is 0 Å². The second-order valence-electron chi connectivity index (χ2n) is 6.75. The predicted molar refractivity (Wildman–Crippen MR) is 121 cm³/mol. The molecule has 2 rings (SSSR count). The standard InChI is InChI=1S/C19H33N3O2S.HI/c1-4-20-19(21-13-16(2)12-18-6-5-11-25-18)22-8-7-17(14-22)15-24-10-9-23-3;/h5-6,11,16-17H,4,7-10,12-15H2,1-3H3,(H,20,21);1H. The molecule has 0 radical (unpaired) electrons. The van der Waals surface area contributed by atoms with E-state index in [-0.39, 0.29) is 24.0 Å². The Balaban J connectivity index is 0.00000338. The number of rotatable bonds is 10. The molecule has 2 atom stereocenters. The van der Waals surface area contributed by atoms with Crippen LogP contribution < -0.4 is 5.32 Å². The van der Waals surface area contributed by atoms with Gasteiger partial charge < -0.3 is 19.7 Å². The first-order chi connectivity index (χ1) is 12.2.